The molecule has 0 bridgehead atoms. The molecule has 0 aliphatic carbocycles. The summed E-state index contributed by atoms with van der Waals surface area (Å²) in [5.41, 5.74) is 0. The molecule has 0 aromatic carbocycles. The summed E-state index contributed by atoms with van der Waals surface area (Å²) in [6.07, 6.45) is 4.94. The van der Waals surface area contributed by atoms with Gasteiger partial charge in [0.1, 0.15) is 6.29 Å². The zero-order chi connectivity index (χ0) is 8.95. The largest absolute Gasteiger partial charge is 0.373 e. The van der Waals surface area contributed by atoms with Gasteiger partial charge in [-0.2, -0.15) is 0 Å². The number of hydrogen-bond donors (Lipinski definition) is 0. The van der Waals surface area contributed by atoms with E-state index >= 15 is 0 Å². The van der Waals surface area contributed by atoms with Crippen LogP contribution in [-0.4, -0.2) is 19.5 Å². The summed E-state index contributed by atoms with van der Waals surface area (Å²) in [6.45, 7) is 9.99. The number of carbonyl (C=O) groups is 1. The fourth-order valence-electron chi connectivity index (χ4n) is 0.235. The van der Waals surface area contributed by atoms with Gasteiger partial charge in [-0.25, -0.2) is 0 Å². The number of hydrogen-bond acceptors (Lipinski definition) is 2. The van der Waals surface area contributed by atoms with Crippen molar-refractivity contribution >= 4 is 6.29 Å². The summed E-state index contributed by atoms with van der Waals surface area (Å²) in [7, 11) is 0. The standard InChI is InChI=1S/C6H10O.C3H6O/c1-3-5-7-6-4-2;1-2-3-4/h3-4H,1-2,5-6H2;3H,2H2,1H3. The van der Waals surface area contributed by atoms with E-state index in [1.807, 2.05) is 6.92 Å². The van der Waals surface area contributed by atoms with Crippen molar-refractivity contribution in [3.63, 3.8) is 0 Å². The van der Waals surface area contributed by atoms with Crippen molar-refractivity contribution in [2.75, 3.05) is 13.2 Å². The first-order valence-electron chi connectivity index (χ1n) is 3.56. The van der Waals surface area contributed by atoms with Gasteiger partial charge in [-0.3, -0.25) is 0 Å². The van der Waals surface area contributed by atoms with E-state index in [1.165, 1.54) is 0 Å². The second-order valence-electron chi connectivity index (χ2n) is 1.69. The highest BCUT2D eigenvalue weighted by atomic mass is 16.5. The van der Waals surface area contributed by atoms with Gasteiger partial charge in [0.2, 0.25) is 0 Å². The molecule has 0 heterocycles. The predicted octanol–water partition coefficient (Wildman–Crippen LogP) is 1.97. The second kappa shape index (κ2) is 16.1. The third-order valence-corrected chi connectivity index (χ3v) is 0.638. The van der Waals surface area contributed by atoms with Crippen LogP contribution in [0.1, 0.15) is 13.3 Å². The van der Waals surface area contributed by atoms with Crippen LogP contribution in [0.25, 0.3) is 0 Å². The number of rotatable bonds is 5. The zero-order valence-corrected chi connectivity index (χ0v) is 7.08. The van der Waals surface area contributed by atoms with E-state index in [2.05, 4.69) is 13.2 Å². The topological polar surface area (TPSA) is 26.3 Å². The van der Waals surface area contributed by atoms with Crippen LogP contribution in [0.15, 0.2) is 25.3 Å². The van der Waals surface area contributed by atoms with Crippen molar-refractivity contribution in [1.82, 2.24) is 0 Å². The minimum Gasteiger partial charge on any atom is -0.373 e. The molecule has 0 amide bonds. The van der Waals surface area contributed by atoms with E-state index < -0.39 is 0 Å². The van der Waals surface area contributed by atoms with Crippen molar-refractivity contribution in [1.29, 1.82) is 0 Å². The van der Waals surface area contributed by atoms with E-state index in [-0.39, 0.29) is 0 Å². The quantitative estimate of drug-likeness (QED) is 0.345. The van der Waals surface area contributed by atoms with Gasteiger partial charge in [0.25, 0.3) is 0 Å². The lowest BCUT2D eigenvalue weighted by atomic mass is 10.6. The fraction of sp³-hybridized carbons (Fsp3) is 0.444. The third-order valence-electron chi connectivity index (χ3n) is 0.638. The molecule has 0 atom stereocenters. The Bertz CT molecular complexity index is 89.7. The number of aldehydes is 1. The van der Waals surface area contributed by atoms with Gasteiger partial charge in [0, 0.05) is 6.42 Å². The molecule has 0 saturated heterocycles. The summed E-state index contributed by atoms with van der Waals surface area (Å²) in [5, 5.41) is 0. The Kier molecular flexibility index (Phi) is 18.6. The van der Waals surface area contributed by atoms with Crippen LogP contribution in [0.5, 0.6) is 0 Å². The van der Waals surface area contributed by atoms with Crippen molar-refractivity contribution < 1.29 is 9.53 Å². The van der Waals surface area contributed by atoms with Crippen LogP contribution in [0.3, 0.4) is 0 Å². The summed E-state index contributed by atoms with van der Waals surface area (Å²) < 4.78 is 4.90. The Morgan fingerprint density at radius 2 is 1.64 bits per heavy atom. The molecular weight excluding hydrogens is 140 g/mol. The van der Waals surface area contributed by atoms with E-state index in [1.54, 1.807) is 12.2 Å². The maximum Gasteiger partial charge on any atom is 0.119 e. The molecule has 0 aromatic rings. The minimum atomic E-state index is 0.617. The molecule has 0 aliphatic heterocycles. The third kappa shape index (κ3) is 27.3. The van der Waals surface area contributed by atoms with Crippen LogP contribution in [0.4, 0.5) is 0 Å². The monoisotopic (exact) mass is 156 g/mol. The second-order valence-corrected chi connectivity index (χ2v) is 1.69. The van der Waals surface area contributed by atoms with Crippen LogP contribution >= 0.6 is 0 Å². The highest BCUT2D eigenvalue weighted by molar-refractivity contribution is 5.48. The number of carbonyl (C=O) groups excluding carboxylic acids is 1. The van der Waals surface area contributed by atoms with Crippen molar-refractivity contribution in [2.45, 2.75) is 13.3 Å². The summed E-state index contributed by atoms with van der Waals surface area (Å²) in [4.78, 5) is 9.17. The van der Waals surface area contributed by atoms with Crippen LogP contribution in [0.2, 0.25) is 0 Å². The molecule has 0 radical (unpaired) electrons. The average molecular weight is 156 g/mol. The van der Waals surface area contributed by atoms with Crippen LogP contribution in [0, 0.1) is 0 Å². The summed E-state index contributed by atoms with van der Waals surface area (Å²) >= 11 is 0. The molecule has 0 rings (SSSR count). The smallest absolute Gasteiger partial charge is 0.119 e. The first-order valence-corrected chi connectivity index (χ1v) is 3.56. The highest BCUT2D eigenvalue weighted by Crippen LogP contribution is 1.72. The Morgan fingerprint density at radius 3 is 1.82 bits per heavy atom. The molecule has 0 spiro atoms. The lowest BCUT2D eigenvalue weighted by molar-refractivity contribution is -0.107. The maximum atomic E-state index is 9.17. The van der Waals surface area contributed by atoms with Gasteiger partial charge < -0.3 is 9.53 Å². The molecule has 0 saturated carbocycles. The maximum absolute atomic E-state index is 9.17. The first-order chi connectivity index (χ1) is 5.33. The normalized spacial score (nSPS) is 7.36. The molecule has 0 fully saturated rings. The molecule has 11 heavy (non-hydrogen) atoms. The Balaban J connectivity index is 0. The van der Waals surface area contributed by atoms with E-state index in [9.17, 15) is 4.79 Å². The molecule has 0 unspecified atom stereocenters. The fourth-order valence-corrected chi connectivity index (χ4v) is 0.235. The minimum absolute atomic E-state index is 0.617. The lowest BCUT2D eigenvalue weighted by Gasteiger charge is -1.89. The molecular formula is C9H16O2. The van der Waals surface area contributed by atoms with Crippen molar-refractivity contribution in [3.05, 3.63) is 25.3 Å². The average Bonchev–Trinajstić information content (AvgIpc) is 2.06. The van der Waals surface area contributed by atoms with Gasteiger partial charge in [-0.1, -0.05) is 19.1 Å². The lowest BCUT2D eigenvalue weighted by Crippen LogP contribution is -1.87. The molecule has 0 N–H and O–H groups in total. The number of ether oxygens (including phenoxy) is 1. The highest BCUT2D eigenvalue weighted by Gasteiger charge is 1.70. The Labute approximate surface area is 68.6 Å². The van der Waals surface area contributed by atoms with Crippen molar-refractivity contribution in [2.24, 2.45) is 0 Å². The SMILES string of the molecule is C=CCOCC=C.CCC=O. The van der Waals surface area contributed by atoms with E-state index in [0.717, 1.165) is 6.29 Å². The predicted molar refractivity (Wildman–Crippen MR) is 47.6 cm³/mol. The molecule has 2 heteroatoms. The Hall–Kier alpha value is -0.890. The van der Waals surface area contributed by atoms with Gasteiger partial charge in [0.15, 0.2) is 0 Å². The van der Waals surface area contributed by atoms with E-state index in [4.69, 9.17) is 4.74 Å². The first kappa shape index (κ1) is 12.8. The van der Waals surface area contributed by atoms with Gasteiger partial charge in [0.05, 0.1) is 13.2 Å². The van der Waals surface area contributed by atoms with Crippen molar-refractivity contribution in [3.8, 4) is 0 Å². The van der Waals surface area contributed by atoms with Gasteiger partial charge >= 0.3 is 0 Å². The summed E-state index contributed by atoms with van der Waals surface area (Å²) in [6, 6.07) is 0. The van der Waals surface area contributed by atoms with Crippen LogP contribution < -0.4 is 0 Å². The van der Waals surface area contributed by atoms with Crippen LogP contribution in [-0.2, 0) is 9.53 Å². The zero-order valence-electron chi connectivity index (χ0n) is 7.08. The van der Waals surface area contributed by atoms with Gasteiger partial charge in [-0.15, -0.1) is 13.2 Å². The summed E-state index contributed by atoms with van der Waals surface area (Å²) in [5.74, 6) is 0. The molecule has 64 valence electrons. The molecule has 2 nitrogen and oxygen atoms in total. The van der Waals surface area contributed by atoms with Gasteiger partial charge in [-0.05, 0) is 0 Å². The Morgan fingerprint density at radius 1 is 1.27 bits per heavy atom. The molecule has 0 aromatic heterocycles. The molecule has 0 aliphatic rings. The van der Waals surface area contributed by atoms with E-state index in [0.29, 0.717) is 19.6 Å².